The van der Waals surface area contributed by atoms with E-state index in [9.17, 15) is 18.0 Å². The lowest BCUT2D eigenvalue weighted by atomic mass is 9.89. The molecule has 34 heavy (non-hydrogen) atoms. The number of carbonyl (C=O) groups excluding carboxylic acids is 2. The molecule has 3 aromatic rings. The maximum Gasteiger partial charge on any atom is 0.339 e. The summed E-state index contributed by atoms with van der Waals surface area (Å²) in [6.45, 7) is 0. The van der Waals surface area contributed by atoms with Crippen molar-refractivity contribution in [3.63, 3.8) is 0 Å². The minimum atomic E-state index is -4.09. The molecule has 2 aliphatic rings. The first-order chi connectivity index (χ1) is 16.3. The summed E-state index contributed by atoms with van der Waals surface area (Å²) < 4.78 is 31.2. The third-order valence-electron chi connectivity index (χ3n) is 5.98. The third-order valence-corrected chi connectivity index (χ3v) is 7.85. The molecule has 0 saturated carbocycles. The minimum Gasteiger partial charge on any atom is -0.379 e. The van der Waals surface area contributed by atoms with E-state index in [-0.39, 0.29) is 23.0 Å². The third kappa shape index (κ3) is 4.21. The number of para-hydroxylation sites is 1. The van der Waals surface area contributed by atoms with Crippen LogP contribution in [-0.2, 0) is 32.5 Å². The van der Waals surface area contributed by atoms with Crippen LogP contribution in [0.5, 0.6) is 5.75 Å². The SMILES string of the molecule is O=C1CC(=O)N(c2ccc(S(=O)(=O)Oc3ccccc3)cc2Br)c2ccc3c(c2N1)CCCC3. The van der Waals surface area contributed by atoms with Crippen LogP contribution in [0.3, 0.4) is 0 Å². The van der Waals surface area contributed by atoms with Crippen LogP contribution < -0.4 is 14.4 Å². The summed E-state index contributed by atoms with van der Waals surface area (Å²) in [4.78, 5) is 27.0. The highest BCUT2D eigenvalue weighted by atomic mass is 79.9. The number of nitrogens with one attached hydrogen (secondary N) is 1. The Labute approximate surface area is 206 Å². The Balaban J connectivity index is 1.56. The Morgan fingerprint density at radius 2 is 1.65 bits per heavy atom. The number of anilines is 3. The van der Waals surface area contributed by atoms with Crippen LogP contribution >= 0.6 is 15.9 Å². The van der Waals surface area contributed by atoms with Gasteiger partial charge in [0.05, 0.1) is 17.1 Å². The number of fused-ring (bicyclic) bond motifs is 3. The van der Waals surface area contributed by atoms with E-state index in [0.717, 1.165) is 31.2 Å². The van der Waals surface area contributed by atoms with E-state index in [0.29, 0.717) is 21.5 Å². The molecular formula is C25H21BrN2O5S. The molecule has 0 radical (unpaired) electrons. The lowest BCUT2D eigenvalue weighted by Gasteiger charge is -2.27. The topological polar surface area (TPSA) is 92.8 Å². The van der Waals surface area contributed by atoms with Crippen molar-refractivity contribution in [2.24, 2.45) is 0 Å². The molecule has 1 heterocycles. The molecule has 0 aromatic heterocycles. The van der Waals surface area contributed by atoms with Gasteiger partial charge in [0.1, 0.15) is 17.1 Å². The molecule has 7 nitrogen and oxygen atoms in total. The zero-order valence-electron chi connectivity index (χ0n) is 18.1. The summed E-state index contributed by atoms with van der Waals surface area (Å²) in [7, 11) is -4.09. The summed E-state index contributed by atoms with van der Waals surface area (Å²) in [6.07, 6.45) is 3.56. The predicted octanol–water partition coefficient (Wildman–Crippen LogP) is 5.10. The molecule has 3 aromatic carbocycles. The van der Waals surface area contributed by atoms with Crippen molar-refractivity contribution in [3.8, 4) is 5.75 Å². The minimum absolute atomic E-state index is 0.0610. The van der Waals surface area contributed by atoms with Gasteiger partial charge in [0.2, 0.25) is 11.8 Å². The standard InChI is InChI=1S/C25H21BrN2O5S/c26-20-14-18(34(31,32)33-17-7-2-1-3-8-17)11-13-21(20)28-22-12-10-16-6-4-5-9-19(16)25(22)27-23(29)15-24(28)30/h1-3,7-8,10-14H,4-6,9,15H2,(H,27,29). The Bertz CT molecular complexity index is 1410. The normalized spacial score (nSPS) is 15.7. The van der Waals surface area contributed by atoms with Gasteiger partial charge in [0.15, 0.2) is 0 Å². The van der Waals surface area contributed by atoms with Crippen LogP contribution in [-0.4, -0.2) is 20.2 Å². The van der Waals surface area contributed by atoms with Gasteiger partial charge in [-0.1, -0.05) is 24.3 Å². The smallest absolute Gasteiger partial charge is 0.339 e. The van der Waals surface area contributed by atoms with E-state index in [1.807, 2.05) is 12.1 Å². The highest BCUT2D eigenvalue weighted by Crippen LogP contribution is 2.43. The fraction of sp³-hybridized carbons (Fsp3) is 0.200. The van der Waals surface area contributed by atoms with E-state index in [1.54, 1.807) is 36.4 Å². The molecule has 1 N–H and O–H groups in total. The quantitative estimate of drug-likeness (QED) is 0.367. The summed E-state index contributed by atoms with van der Waals surface area (Å²) in [5.74, 6) is -0.558. The molecule has 174 valence electrons. The molecule has 1 aliphatic heterocycles. The summed E-state index contributed by atoms with van der Waals surface area (Å²) in [6, 6.07) is 16.4. The lowest BCUT2D eigenvalue weighted by Crippen LogP contribution is -2.27. The molecule has 0 saturated heterocycles. The maximum atomic E-state index is 13.1. The fourth-order valence-electron chi connectivity index (χ4n) is 4.42. The van der Waals surface area contributed by atoms with Crippen molar-refractivity contribution < 1.29 is 22.2 Å². The average molecular weight is 541 g/mol. The van der Waals surface area contributed by atoms with Gasteiger partial charge in [0.25, 0.3) is 0 Å². The van der Waals surface area contributed by atoms with Crippen molar-refractivity contribution in [2.45, 2.75) is 37.0 Å². The maximum absolute atomic E-state index is 13.1. The zero-order chi connectivity index (χ0) is 23.9. The molecule has 5 rings (SSSR count). The number of hydrogen-bond acceptors (Lipinski definition) is 5. The van der Waals surface area contributed by atoms with Crippen molar-refractivity contribution in [2.75, 3.05) is 10.2 Å². The Morgan fingerprint density at radius 3 is 2.41 bits per heavy atom. The number of carbonyl (C=O) groups is 2. The summed E-state index contributed by atoms with van der Waals surface area (Å²) in [5.41, 5.74) is 3.91. The van der Waals surface area contributed by atoms with E-state index >= 15 is 0 Å². The van der Waals surface area contributed by atoms with Gasteiger partial charge >= 0.3 is 10.1 Å². The molecule has 0 spiro atoms. The van der Waals surface area contributed by atoms with E-state index in [1.165, 1.54) is 22.6 Å². The first-order valence-corrected chi connectivity index (χ1v) is 13.1. The largest absolute Gasteiger partial charge is 0.379 e. The number of hydrogen-bond donors (Lipinski definition) is 1. The number of amides is 2. The van der Waals surface area contributed by atoms with Crippen LogP contribution in [0, 0.1) is 0 Å². The molecule has 0 bridgehead atoms. The first-order valence-electron chi connectivity index (χ1n) is 10.9. The van der Waals surface area contributed by atoms with E-state index < -0.39 is 16.0 Å². The van der Waals surface area contributed by atoms with Gasteiger partial charge in [-0.3, -0.25) is 14.5 Å². The lowest BCUT2D eigenvalue weighted by molar-refractivity contribution is -0.124. The van der Waals surface area contributed by atoms with E-state index in [4.69, 9.17) is 4.18 Å². The van der Waals surface area contributed by atoms with Crippen molar-refractivity contribution >= 4 is 54.9 Å². The van der Waals surface area contributed by atoms with Gasteiger partial charge in [-0.2, -0.15) is 8.42 Å². The number of benzene rings is 3. The van der Waals surface area contributed by atoms with Crippen LogP contribution in [0.1, 0.15) is 30.4 Å². The molecule has 1 aliphatic carbocycles. The zero-order valence-corrected chi connectivity index (χ0v) is 20.5. The highest BCUT2D eigenvalue weighted by Gasteiger charge is 2.32. The molecule has 0 fully saturated rings. The van der Waals surface area contributed by atoms with Crippen LogP contribution in [0.25, 0.3) is 0 Å². The van der Waals surface area contributed by atoms with Gasteiger partial charge < -0.3 is 9.50 Å². The molecular weight excluding hydrogens is 520 g/mol. The van der Waals surface area contributed by atoms with Gasteiger partial charge in [-0.05, 0) is 89.1 Å². The van der Waals surface area contributed by atoms with Gasteiger partial charge in [-0.25, -0.2) is 0 Å². The molecule has 9 heteroatoms. The molecule has 0 atom stereocenters. The number of rotatable bonds is 4. The Morgan fingerprint density at radius 1 is 0.912 bits per heavy atom. The number of nitrogens with zero attached hydrogens (tertiary/aromatic N) is 1. The van der Waals surface area contributed by atoms with Gasteiger partial charge in [0, 0.05) is 4.47 Å². The Kier molecular flexibility index (Phi) is 5.91. The number of aryl methyl sites for hydroxylation is 1. The van der Waals surface area contributed by atoms with Gasteiger partial charge in [-0.15, -0.1) is 0 Å². The first kappa shape index (κ1) is 22.6. The summed E-state index contributed by atoms with van der Waals surface area (Å²) >= 11 is 3.44. The fourth-order valence-corrected chi connectivity index (χ4v) is 6.08. The summed E-state index contributed by atoms with van der Waals surface area (Å²) in [5, 5.41) is 2.93. The molecule has 2 amide bonds. The average Bonchev–Trinajstić information content (AvgIpc) is 2.94. The van der Waals surface area contributed by atoms with Crippen LogP contribution in [0.2, 0.25) is 0 Å². The van der Waals surface area contributed by atoms with Crippen molar-refractivity contribution in [3.05, 3.63) is 76.3 Å². The van der Waals surface area contributed by atoms with E-state index in [2.05, 4.69) is 21.2 Å². The Hall–Kier alpha value is -3.17. The van der Waals surface area contributed by atoms with Crippen LogP contribution in [0.4, 0.5) is 17.1 Å². The second kappa shape index (κ2) is 8.88. The molecule has 0 unspecified atom stereocenters. The second-order valence-corrected chi connectivity index (χ2v) is 10.6. The predicted molar refractivity (Wildman–Crippen MR) is 132 cm³/mol. The van der Waals surface area contributed by atoms with Crippen molar-refractivity contribution in [1.82, 2.24) is 0 Å². The van der Waals surface area contributed by atoms with Crippen LogP contribution in [0.15, 0.2) is 70.0 Å². The number of halogens is 1. The highest BCUT2D eigenvalue weighted by molar-refractivity contribution is 9.10. The monoisotopic (exact) mass is 540 g/mol. The van der Waals surface area contributed by atoms with Crippen molar-refractivity contribution in [1.29, 1.82) is 0 Å². The second-order valence-electron chi connectivity index (χ2n) is 8.22.